The van der Waals surface area contributed by atoms with Crippen LogP contribution in [0.25, 0.3) is 0 Å². The molecule has 0 unspecified atom stereocenters. The van der Waals surface area contributed by atoms with Crippen molar-refractivity contribution in [2.24, 2.45) is 0 Å². The Morgan fingerprint density at radius 3 is 2.58 bits per heavy atom. The summed E-state index contributed by atoms with van der Waals surface area (Å²) in [5.41, 5.74) is 0.548. The smallest absolute Gasteiger partial charge is 0.275 e. The average molecular weight is 296 g/mol. The lowest BCUT2D eigenvalue weighted by Crippen LogP contribution is -2.14. The number of sulfone groups is 1. The van der Waals surface area contributed by atoms with Gasteiger partial charge < -0.3 is 5.32 Å². The fourth-order valence-electron chi connectivity index (χ4n) is 1.55. The van der Waals surface area contributed by atoms with Crippen molar-refractivity contribution < 1.29 is 13.2 Å². The van der Waals surface area contributed by atoms with Gasteiger partial charge in [0.05, 0.1) is 15.6 Å². The molecule has 0 bridgehead atoms. The van der Waals surface area contributed by atoms with Gasteiger partial charge in [-0.05, 0) is 19.1 Å². The number of aryl methyl sites for hydroxylation is 1. The summed E-state index contributed by atoms with van der Waals surface area (Å²) in [5.74, 6) is -0.416. The number of carbonyl (C=O) groups excluding carboxylic acids is 1. The molecule has 0 aliphatic rings. The third kappa shape index (κ3) is 3.18. The van der Waals surface area contributed by atoms with Crippen LogP contribution in [0.3, 0.4) is 0 Å². The summed E-state index contributed by atoms with van der Waals surface area (Å²) >= 11 is 1.36. The lowest BCUT2D eigenvalue weighted by Gasteiger charge is -2.08. The van der Waals surface area contributed by atoms with Crippen LogP contribution < -0.4 is 5.32 Å². The molecular weight excluding hydrogens is 284 g/mol. The minimum Gasteiger partial charge on any atom is -0.319 e. The summed E-state index contributed by atoms with van der Waals surface area (Å²) in [4.78, 5) is 16.1. The number of amides is 1. The highest BCUT2D eigenvalue weighted by atomic mass is 32.2. The molecule has 1 N–H and O–H groups in total. The molecule has 0 atom stereocenters. The standard InChI is InChI=1S/C12H12N2O3S2/c1-8-13-10(7-18-8)12(15)14-9-5-3-4-6-11(9)19(2,16)17/h3-7H,1-2H3,(H,14,15). The van der Waals surface area contributed by atoms with E-state index in [4.69, 9.17) is 0 Å². The Balaban J connectivity index is 2.32. The lowest BCUT2D eigenvalue weighted by atomic mass is 10.3. The van der Waals surface area contributed by atoms with Gasteiger partial charge in [0.25, 0.3) is 5.91 Å². The molecule has 0 aliphatic heterocycles. The van der Waals surface area contributed by atoms with Crippen molar-refractivity contribution in [2.45, 2.75) is 11.8 Å². The Morgan fingerprint density at radius 1 is 1.32 bits per heavy atom. The van der Waals surface area contributed by atoms with Crippen LogP contribution in [0.5, 0.6) is 0 Å². The predicted molar refractivity (Wildman–Crippen MR) is 74.4 cm³/mol. The minimum atomic E-state index is -3.39. The number of thiazole rings is 1. The van der Waals surface area contributed by atoms with Crippen LogP contribution in [0.4, 0.5) is 5.69 Å². The third-order valence-electron chi connectivity index (χ3n) is 2.39. The van der Waals surface area contributed by atoms with Gasteiger partial charge in [-0.3, -0.25) is 4.79 Å². The number of carbonyl (C=O) groups is 1. The Morgan fingerprint density at radius 2 is 2.00 bits per heavy atom. The number of nitrogens with zero attached hydrogens (tertiary/aromatic N) is 1. The molecule has 1 aromatic carbocycles. The van der Waals surface area contributed by atoms with Gasteiger partial charge in [-0.2, -0.15) is 0 Å². The monoisotopic (exact) mass is 296 g/mol. The van der Waals surface area contributed by atoms with Crippen LogP contribution in [-0.2, 0) is 9.84 Å². The van der Waals surface area contributed by atoms with Gasteiger partial charge in [0.15, 0.2) is 9.84 Å². The highest BCUT2D eigenvalue weighted by molar-refractivity contribution is 7.90. The Bertz CT molecular complexity index is 720. The van der Waals surface area contributed by atoms with Gasteiger partial charge in [-0.25, -0.2) is 13.4 Å². The van der Waals surface area contributed by atoms with E-state index in [1.807, 2.05) is 0 Å². The molecule has 1 heterocycles. The van der Waals surface area contributed by atoms with Crippen molar-refractivity contribution in [1.82, 2.24) is 4.98 Å². The highest BCUT2D eigenvalue weighted by Gasteiger charge is 2.16. The van der Waals surface area contributed by atoms with Crippen molar-refractivity contribution in [1.29, 1.82) is 0 Å². The quantitative estimate of drug-likeness (QED) is 0.941. The molecule has 1 aromatic heterocycles. The first-order valence-corrected chi connectivity index (χ1v) is 8.17. The van der Waals surface area contributed by atoms with Crippen molar-refractivity contribution in [3.8, 4) is 0 Å². The molecule has 0 saturated carbocycles. The summed E-state index contributed by atoms with van der Waals surface area (Å²) in [6, 6.07) is 6.28. The topological polar surface area (TPSA) is 76.1 Å². The Hall–Kier alpha value is -1.73. The molecule has 7 heteroatoms. The van der Waals surface area contributed by atoms with Crippen molar-refractivity contribution in [2.75, 3.05) is 11.6 Å². The number of para-hydroxylation sites is 1. The zero-order valence-electron chi connectivity index (χ0n) is 10.4. The molecule has 5 nitrogen and oxygen atoms in total. The average Bonchev–Trinajstić information content (AvgIpc) is 2.75. The fourth-order valence-corrected chi connectivity index (χ4v) is 2.98. The van der Waals surface area contributed by atoms with Gasteiger partial charge in [0.1, 0.15) is 5.69 Å². The Kier molecular flexibility index (Phi) is 3.68. The molecule has 0 fully saturated rings. The van der Waals surface area contributed by atoms with Crippen molar-refractivity contribution in [3.05, 3.63) is 40.3 Å². The number of benzene rings is 1. The molecule has 100 valence electrons. The van der Waals surface area contributed by atoms with E-state index >= 15 is 0 Å². The second kappa shape index (κ2) is 5.10. The van der Waals surface area contributed by atoms with Gasteiger partial charge in [0.2, 0.25) is 0 Å². The maximum atomic E-state index is 11.9. The first-order chi connectivity index (χ1) is 8.88. The SMILES string of the molecule is Cc1nc(C(=O)Nc2ccccc2S(C)(=O)=O)cs1. The van der Waals surface area contributed by atoms with Crippen LogP contribution >= 0.6 is 11.3 Å². The third-order valence-corrected chi connectivity index (χ3v) is 4.31. The minimum absolute atomic E-state index is 0.0929. The van der Waals surface area contributed by atoms with E-state index in [1.54, 1.807) is 30.5 Å². The van der Waals surface area contributed by atoms with E-state index < -0.39 is 15.7 Å². The molecule has 19 heavy (non-hydrogen) atoms. The normalized spacial score (nSPS) is 11.3. The summed E-state index contributed by atoms with van der Waals surface area (Å²) < 4.78 is 23.2. The summed E-state index contributed by atoms with van der Waals surface area (Å²) in [6.07, 6.45) is 1.10. The Labute approximate surface area is 115 Å². The van der Waals surface area contributed by atoms with E-state index in [9.17, 15) is 13.2 Å². The van der Waals surface area contributed by atoms with E-state index in [1.165, 1.54) is 17.4 Å². The first kappa shape index (κ1) is 13.7. The lowest BCUT2D eigenvalue weighted by molar-refractivity contribution is 0.102. The van der Waals surface area contributed by atoms with Crippen LogP contribution in [0.15, 0.2) is 34.5 Å². The molecule has 2 rings (SSSR count). The van der Waals surface area contributed by atoms with E-state index in [-0.39, 0.29) is 16.3 Å². The van der Waals surface area contributed by atoms with E-state index in [2.05, 4.69) is 10.3 Å². The number of aromatic nitrogens is 1. The number of rotatable bonds is 3. The maximum absolute atomic E-state index is 11.9. The molecule has 0 aliphatic carbocycles. The molecular formula is C12H12N2O3S2. The van der Waals surface area contributed by atoms with E-state index in [0.29, 0.717) is 0 Å². The molecule has 2 aromatic rings. The number of hydrogen-bond donors (Lipinski definition) is 1. The fraction of sp³-hybridized carbons (Fsp3) is 0.167. The predicted octanol–water partition coefficient (Wildman–Crippen LogP) is 2.11. The number of anilines is 1. The summed E-state index contributed by atoms with van der Waals surface area (Å²) in [5, 5.41) is 4.98. The van der Waals surface area contributed by atoms with Crippen LogP contribution in [-0.4, -0.2) is 25.6 Å². The van der Waals surface area contributed by atoms with Crippen molar-refractivity contribution >= 4 is 32.8 Å². The second-order valence-electron chi connectivity index (χ2n) is 3.97. The summed E-state index contributed by atoms with van der Waals surface area (Å²) in [6.45, 7) is 1.80. The molecule has 0 spiro atoms. The van der Waals surface area contributed by atoms with Gasteiger partial charge >= 0.3 is 0 Å². The van der Waals surface area contributed by atoms with Gasteiger partial charge in [0, 0.05) is 11.6 Å². The summed E-state index contributed by atoms with van der Waals surface area (Å²) in [7, 11) is -3.39. The molecule has 1 amide bonds. The highest BCUT2D eigenvalue weighted by Crippen LogP contribution is 2.21. The molecule has 0 radical (unpaired) electrons. The van der Waals surface area contributed by atoms with Crippen LogP contribution in [0.2, 0.25) is 0 Å². The first-order valence-electron chi connectivity index (χ1n) is 5.40. The number of hydrogen-bond acceptors (Lipinski definition) is 5. The maximum Gasteiger partial charge on any atom is 0.275 e. The van der Waals surface area contributed by atoms with Crippen LogP contribution in [0.1, 0.15) is 15.5 Å². The van der Waals surface area contributed by atoms with E-state index in [0.717, 1.165) is 11.3 Å². The number of nitrogens with one attached hydrogen (secondary N) is 1. The zero-order chi connectivity index (χ0) is 14.0. The van der Waals surface area contributed by atoms with Gasteiger partial charge in [-0.1, -0.05) is 12.1 Å². The van der Waals surface area contributed by atoms with Crippen LogP contribution in [0, 0.1) is 6.92 Å². The zero-order valence-corrected chi connectivity index (χ0v) is 12.0. The molecule has 0 saturated heterocycles. The second-order valence-corrected chi connectivity index (χ2v) is 7.02. The largest absolute Gasteiger partial charge is 0.319 e. The van der Waals surface area contributed by atoms with Crippen molar-refractivity contribution in [3.63, 3.8) is 0 Å². The van der Waals surface area contributed by atoms with Gasteiger partial charge in [-0.15, -0.1) is 11.3 Å².